The minimum Gasteiger partial charge on any atom is -0.497 e. The fourth-order valence-corrected chi connectivity index (χ4v) is 2.66. The monoisotopic (exact) mass is 334 g/mol. The summed E-state index contributed by atoms with van der Waals surface area (Å²) in [4.78, 5) is 12.1. The molecule has 0 aliphatic heterocycles. The molecule has 0 saturated heterocycles. The number of carbonyl (C=O) groups is 1. The van der Waals surface area contributed by atoms with E-state index in [0.29, 0.717) is 6.42 Å². The summed E-state index contributed by atoms with van der Waals surface area (Å²) in [5.74, 6) is 1.33. The van der Waals surface area contributed by atoms with Gasteiger partial charge in [-0.05, 0) is 36.9 Å². The molecule has 2 unspecified atom stereocenters. The topological polar surface area (TPSA) is 53.4 Å². The van der Waals surface area contributed by atoms with Crippen molar-refractivity contribution in [3.63, 3.8) is 0 Å². The molecule has 1 aromatic carbocycles. The number of benzene rings is 1. The van der Waals surface area contributed by atoms with Crippen molar-refractivity contribution in [3.8, 4) is 5.75 Å². The van der Waals surface area contributed by atoms with E-state index >= 15 is 0 Å². The minimum absolute atomic E-state index is 0.100. The zero-order valence-corrected chi connectivity index (χ0v) is 14.5. The number of hydrogen-bond acceptors (Lipinski definition) is 5. The normalized spacial score (nSPS) is 13.3. The first-order valence-electron chi connectivity index (χ1n) is 7.47. The minimum atomic E-state index is -0.393. The first kappa shape index (κ1) is 17.4. The number of carbonyl (C=O) groups excluding carboxylic acids is 1. The highest BCUT2D eigenvalue weighted by molar-refractivity contribution is 7.98. The van der Waals surface area contributed by atoms with Gasteiger partial charge in [-0.1, -0.05) is 12.1 Å². The van der Waals surface area contributed by atoms with E-state index < -0.39 is 6.10 Å². The molecule has 0 saturated carbocycles. The molecular formula is C17H22N2O3S. The van der Waals surface area contributed by atoms with Crippen molar-refractivity contribution in [2.24, 2.45) is 0 Å². The molecule has 23 heavy (non-hydrogen) atoms. The van der Waals surface area contributed by atoms with Crippen LogP contribution < -0.4 is 4.74 Å². The van der Waals surface area contributed by atoms with Crippen molar-refractivity contribution in [2.75, 3.05) is 19.1 Å². The van der Waals surface area contributed by atoms with E-state index in [2.05, 4.69) is 5.10 Å². The van der Waals surface area contributed by atoms with Gasteiger partial charge in [0.2, 0.25) is 0 Å². The average molecular weight is 334 g/mol. The number of esters is 1. The molecule has 0 aliphatic rings. The number of rotatable bonds is 8. The third-order valence-electron chi connectivity index (χ3n) is 3.59. The van der Waals surface area contributed by atoms with Gasteiger partial charge in [-0.2, -0.15) is 16.9 Å². The first-order valence-corrected chi connectivity index (χ1v) is 8.86. The molecule has 0 amide bonds. The molecule has 2 rings (SSSR count). The molecule has 2 aromatic rings. The van der Waals surface area contributed by atoms with Crippen LogP contribution in [0.1, 0.15) is 31.1 Å². The number of nitrogens with zero attached hydrogens (tertiary/aromatic N) is 2. The van der Waals surface area contributed by atoms with Gasteiger partial charge in [-0.25, -0.2) is 0 Å². The van der Waals surface area contributed by atoms with Gasteiger partial charge < -0.3 is 9.47 Å². The van der Waals surface area contributed by atoms with Crippen molar-refractivity contribution >= 4 is 17.7 Å². The number of hydrogen-bond donors (Lipinski definition) is 0. The van der Waals surface area contributed by atoms with Gasteiger partial charge in [-0.15, -0.1) is 0 Å². The Bertz CT molecular complexity index is 599. The lowest BCUT2D eigenvalue weighted by Crippen LogP contribution is -2.21. The van der Waals surface area contributed by atoms with Crippen LogP contribution in [-0.4, -0.2) is 34.9 Å². The van der Waals surface area contributed by atoms with Crippen LogP contribution in [0.2, 0.25) is 0 Å². The molecule has 0 N–H and O–H groups in total. The summed E-state index contributed by atoms with van der Waals surface area (Å²) in [5, 5.41) is 4.26. The molecular weight excluding hydrogens is 312 g/mol. The summed E-state index contributed by atoms with van der Waals surface area (Å²) in [7, 11) is 1.63. The van der Waals surface area contributed by atoms with E-state index in [1.165, 1.54) is 0 Å². The van der Waals surface area contributed by atoms with E-state index in [1.807, 2.05) is 49.7 Å². The summed E-state index contributed by atoms with van der Waals surface area (Å²) in [6.45, 7) is 1.99. The number of methoxy groups -OCH3 is 1. The largest absolute Gasteiger partial charge is 0.497 e. The molecule has 0 aliphatic carbocycles. The summed E-state index contributed by atoms with van der Waals surface area (Å²) >= 11 is 1.63. The van der Waals surface area contributed by atoms with Crippen molar-refractivity contribution in [1.29, 1.82) is 0 Å². The van der Waals surface area contributed by atoms with Crippen LogP contribution in [0.3, 0.4) is 0 Å². The molecule has 1 aromatic heterocycles. The number of ether oxygens (including phenoxy) is 2. The van der Waals surface area contributed by atoms with Crippen molar-refractivity contribution in [1.82, 2.24) is 9.78 Å². The Kier molecular flexibility index (Phi) is 6.52. The number of aromatic nitrogens is 2. The predicted octanol–water partition coefficient (Wildman–Crippen LogP) is 3.49. The Balaban J connectivity index is 2.20. The summed E-state index contributed by atoms with van der Waals surface area (Å²) < 4.78 is 12.7. The first-order chi connectivity index (χ1) is 11.2. The van der Waals surface area contributed by atoms with Crippen molar-refractivity contribution in [2.45, 2.75) is 25.5 Å². The lowest BCUT2D eigenvalue weighted by molar-refractivity contribution is -0.151. The lowest BCUT2D eigenvalue weighted by atomic mass is 10.0. The van der Waals surface area contributed by atoms with E-state index in [0.717, 1.165) is 17.1 Å². The Morgan fingerprint density at radius 2 is 2.09 bits per heavy atom. The van der Waals surface area contributed by atoms with Crippen molar-refractivity contribution < 1.29 is 14.3 Å². The summed E-state index contributed by atoms with van der Waals surface area (Å²) in [6, 6.07) is 9.34. The third kappa shape index (κ3) is 4.76. The summed E-state index contributed by atoms with van der Waals surface area (Å²) in [5.41, 5.74) is 0.923. The highest BCUT2D eigenvalue weighted by atomic mass is 32.2. The van der Waals surface area contributed by atoms with Gasteiger partial charge in [0, 0.05) is 18.1 Å². The van der Waals surface area contributed by atoms with Crippen molar-refractivity contribution in [3.05, 3.63) is 48.3 Å². The highest BCUT2D eigenvalue weighted by Gasteiger charge is 2.25. The Hall–Kier alpha value is -1.95. The van der Waals surface area contributed by atoms with Crippen LogP contribution in [0.15, 0.2) is 42.7 Å². The standard InChI is InChI=1S/C17H22N2O3S/c1-13(19-11-4-10-18-19)17(22-16(20)9-12-23-3)14-5-7-15(21-2)8-6-14/h4-8,10-11,13,17H,9,12H2,1-3H3. The molecule has 0 fully saturated rings. The Morgan fingerprint density at radius 1 is 1.35 bits per heavy atom. The van der Waals surface area contributed by atoms with Crippen LogP contribution in [0.5, 0.6) is 5.75 Å². The molecule has 2 atom stereocenters. The average Bonchev–Trinajstić information content (AvgIpc) is 3.12. The fourth-order valence-electron chi connectivity index (χ4n) is 2.28. The molecule has 1 heterocycles. The van der Waals surface area contributed by atoms with E-state index in [1.54, 1.807) is 29.8 Å². The fraction of sp³-hybridized carbons (Fsp3) is 0.412. The van der Waals surface area contributed by atoms with Crippen LogP contribution in [0, 0.1) is 0 Å². The maximum atomic E-state index is 12.1. The maximum Gasteiger partial charge on any atom is 0.307 e. The van der Waals surface area contributed by atoms with E-state index in [-0.39, 0.29) is 12.0 Å². The van der Waals surface area contributed by atoms with E-state index in [9.17, 15) is 4.79 Å². The molecule has 5 nitrogen and oxygen atoms in total. The predicted molar refractivity (Wildman–Crippen MR) is 91.8 cm³/mol. The maximum absolute atomic E-state index is 12.1. The van der Waals surface area contributed by atoms with E-state index in [4.69, 9.17) is 9.47 Å². The van der Waals surface area contributed by atoms with Gasteiger partial charge in [-0.3, -0.25) is 9.48 Å². The van der Waals surface area contributed by atoms with Gasteiger partial charge >= 0.3 is 5.97 Å². The van der Waals surface area contributed by atoms with Gasteiger partial charge in [0.25, 0.3) is 0 Å². The second-order valence-electron chi connectivity index (χ2n) is 5.15. The summed E-state index contributed by atoms with van der Waals surface area (Å²) in [6.07, 6.45) is 5.57. The lowest BCUT2D eigenvalue weighted by Gasteiger charge is -2.25. The van der Waals surface area contributed by atoms with Gasteiger partial charge in [0.1, 0.15) is 11.9 Å². The SMILES string of the molecule is COc1ccc(C(OC(=O)CCSC)C(C)n2cccn2)cc1. The zero-order chi connectivity index (χ0) is 16.7. The third-order valence-corrected chi connectivity index (χ3v) is 4.21. The molecule has 0 bridgehead atoms. The van der Waals surface area contributed by atoms with Gasteiger partial charge in [0.15, 0.2) is 0 Å². The second-order valence-corrected chi connectivity index (χ2v) is 6.14. The molecule has 0 radical (unpaired) electrons. The quantitative estimate of drug-likeness (QED) is 0.692. The number of thioether (sulfide) groups is 1. The molecule has 124 valence electrons. The van der Waals surface area contributed by atoms with Gasteiger partial charge in [0.05, 0.1) is 19.6 Å². The Labute approximate surface area is 141 Å². The highest BCUT2D eigenvalue weighted by Crippen LogP contribution is 2.31. The Morgan fingerprint density at radius 3 is 2.65 bits per heavy atom. The van der Waals surface area contributed by atoms with Crippen LogP contribution >= 0.6 is 11.8 Å². The second kappa shape index (κ2) is 8.62. The van der Waals surface area contributed by atoms with Crippen LogP contribution in [0.25, 0.3) is 0 Å². The van der Waals surface area contributed by atoms with Crippen LogP contribution in [-0.2, 0) is 9.53 Å². The zero-order valence-electron chi connectivity index (χ0n) is 13.6. The smallest absolute Gasteiger partial charge is 0.307 e. The molecule has 0 spiro atoms. The molecule has 6 heteroatoms. The van der Waals surface area contributed by atoms with Crippen LogP contribution in [0.4, 0.5) is 0 Å².